The number of aromatic nitrogens is 2. The summed E-state index contributed by atoms with van der Waals surface area (Å²) in [6.07, 6.45) is 7.08. The molecule has 4 nitrogen and oxygen atoms in total. The number of anilines is 1. The van der Waals surface area contributed by atoms with Crippen LogP contribution in [0.1, 0.15) is 16.1 Å². The second kappa shape index (κ2) is 5.31. The first-order chi connectivity index (χ1) is 10.2. The van der Waals surface area contributed by atoms with Gasteiger partial charge in [-0.15, -0.1) is 6.42 Å². The average Bonchev–Trinajstić information content (AvgIpc) is 2.83. The molecule has 102 valence electrons. The van der Waals surface area contributed by atoms with Crippen molar-refractivity contribution < 1.29 is 4.79 Å². The van der Waals surface area contributed by atoms with E-state index in [1.165, 1.54) is 0 Å². The number of imidazole rings is 1. The molecule has 0 aliphatic heterocycles. The Labute approximate surface area is 126 Å². The second-order valence-electron chi connectivity index (χ2n) is 4.36. The van der Waals surface area contributed by atoms with E-state index in [0.29, 0.717) is 22.6 Å². The fourth-order valence-electron chi connectivity index (χ4n) is 2.05. The number of terminal acetylenes is 1. The van der Waals surface area contributed by atoms with Crippen LogP contribution in [0, 0.1) is 12.3 Å². The zero-order valence-corrected chi connectivity index (χ0v) is 11.6. The van der Waals surface area contributed by atoms with Gasteiger partial charge in [-0.25, -0.2) is 4.98 Å². The van der Waals surface area contributed by atoms with E-state index >= 15 is 0 Å². The van der Waals surface area contributed by atoms with Gasteiger partial charge in [0.2, 0.25) is 0 Å². The molecular weight excluding hydrogens is 286 g/mol. The molecule has 1 N–H and O–H groups in total. The van der Waals surface area contributed by atoms with Crippen LogP contribution in [-0.4, -0.2) is 15.3 Å². The van der Waals surface area contributed by atoms with Gasteiger partial charge in [0.25, 0.3) is 5.91 Å². The molecule has 0 radical (unpaired) electrons. The second-order valence-corrected chi connectivity index (χ2v) is 4.72. The van der Waals surface area contributed by atoms with Gasteiger partial charge in [-0.05, 0) is 30.3 Å². The van der Waals surface area contributed by atoms with Crippen molar-refractivity contribution in [1.82, 2.24) is 9.38 Å². The van der Waals surface area contributed by atoms with Gasteiger partial charge in [-0.1, -0.05) is 29.7 Å². The van der Waals surface area contributed by atoms with E-state index < -0.39 is 0 Å². The molecule has 0 saturated heterocycles. The van der Waals surface area contributed by atoms with Crippen LogP contribution in [-0.2, 0) is 0 Å². The van der Waals surface area contributed by atoms with E-state index in [1.807, 2.05) is 6.07 Å². The molecule has 3 aromatic rings. The average molecular weight is 296 g/mol. The summed E-state index contributed by atoms with van der Waals surface area (Å²) in [4.78, 5) is 16.5. The summed E-state index contributed by atoms with van der Waals surface area (Å²) < 4.78 is 1.64. The first-order valence-corrected chi connectivity index (χ1v) is 6.57. The molecule has 1 amide bonds. The predicted molar refractivity (Wildman–Crippen MR) is 82.5 cm³/mol. The van der Waals surface area contributed by atoms with Gasteiger partial charge in [0, 0.05) is 17.4 Å². The first-order valence-electron chi connectivity index (χ1n) is 6.19. The molecule has 3 rings (SSSR count). The maximum absolute atomic E-state index is 12.4. The summed E-state index contributed by atoms with van der Waals surface area (Å²) in [6.45, 7) is 0. The zero-order valence-electron chi connectivity index (χ0n) is 10.9. The minimum Gasteiger partial charge on any atom is -0.321 e. The van der Waals surface area contributed by atoms with Crippen LogP contribution in [0.3, 0.4) is 0 Å². The first kappa shape index (κ1) is 13.2. The maximum Gasteiger partial charge on any atom is 0.275 e. The highest BCUT2D eigenvalue weighted by Gasteiger charge is 2.17. The lowest BCUT2D eigenvalue weighted by Crippen LogP contribution is -2.14. The largest absolute Gasteiger partial charge is 0.321 e. The van der Waals surface area contributed by atoms with Crippen molar-refractivity contribution in [3.8, 4) is 12.3 Å². The third-order valence-corrected chi connectivity index (χ3v) is 3.25. The van der Waals surface area contributed by atoms with Crippen LogP contribution >= 0.6 is 11.6 Å². The van der Waals surface area contributed by atoms with E-state index in [9.17, 15) is 4.79 Å². The van der Waals surface area contributed by atoms with Crippen molar-refractivity contribution in [1.29, 1.82) is 0 Å². The number of carbonyl (C=O) groups is 1. The lowest BCUT2D eigenvalue weighted by atomic mass is 10.2. The molecule has 0 aliphatic rings. The standard InChI is InChI=1S/C16H10ClN3O/c1-2-11-6-5-7-12(10-11)18-16(21)14-15(17)19-13-8-3-4-9-20(13)14/h1,3-10H,(H,18,21). The SMILES string of the molecule is C#Cc1cccc(NC(=O)c2c(Cl)nc3ccccn23)c1. The normalized spacial score (nSPS) is 10.3. The Morgan fingerprint density at radius 3 is 2.95 bits per heavy atom. The summed E-state index contributed by atoms with van der Waals surface area (Å²) in [6, 6.07) is 12.5. The van der Waals surface area contributed by atoms with Gasteiger partial charge >= 0.3 is 0 Å². The van der Waals surface area contributed by atoms with E-state index in [4.69, 9.17) is 18.0 Å². The quantitative estimate of drug-likeness (QED) is 0.738. The number of halogens is 1. The minimum absolute atomic E-state index is 0.159. The number of hydrogen-bond donors (Lipinski definition) is 1. The van der Waals surface area contributed by atoms with Gasteiger partial charge in [-0.2, -0.15) is 0 Å². The Bertz CT molecular complexity index is 877. The van der Waals surface area contributed by atoms with Gasteiger partial charge in [0.1, 0.15) is 5.65 Å². The molecule has 0 fully saturated rings. The maximum atomic E-state index is 12.4. The van der Waals surface area contributed by atoms with Crippen molar-refractivity contribution in [2.75, 3.05) is 5.32 Å². The molecule has 5 heteroatoms. The summed E-state index contributed by atoms with van der Waals surface area (Å²) >= 11 is 6.06. The number of carbonyl (C=O) groups excluding carboxylic acids is 1. The van der Waals surface area contributed by atoms with Crippen molar-refractivity contribution in [2.24, 2.45) is 0 Å². The smallest absolute Gasteiger partial charge is 0.275 e. The molecule has 21 heavy (non-hydrogen) atoms. The highest BCUT2D eigenvalue weighted by molar-refractivity contribution is 6.33. The molecule has 0 aliphatic carbocycles. The Kier molecular flexibility index (Phi) is 3.35. The van der Waals surface area contributed by atoms with Gasteiger partial charge in [-0.3, -0.25) is 9.20 Å². The number of nitrogens with one attached hydrogen (secondary N) is 1. The Morgan fingerprint density at radius 1 is 1.29 bits per heavy atom. The molecule has 0 spiro atoms. The molecule has 1 aromatic carbocycles. The van der Waals surface area contributed by atoms with Gasteiger partial charge < -0.3 is 5.32 Å². The molecule has 0 unspecified atom stereocenters. The van der Waals surface area contributed by atoms with E-state index in [2.05, 4.69) is 16.2 Å². The number of amides is 1. The molecule has 0 saturated carbocycles. The minimum atomic E-state index is -0.340. The van der Waals surface area contributed by atoms with Gasteiger partial charge in [0.05, 0.1) is 0 Å². The highest BCUT2D eigenvalue weighted by Crippen LogP contribution is 2.19. The number of pyridine rings is 1. The number of fused-ring (bicyclic) bond motifs is 1. The molecule has 2 aromatic heterocycles. The number of hydrogen-bond acceptors (Lipinski definition) is 2. The van der Waals surface area contributed by atoms with Crippen molar-refractivity contribution in [2.45, 2.75) is 0 Å². The topological polar surface area (TPSA) is 46.4 Å². The molecular formula is C16H10ClN3O. The van der Waals surface area contributed by atoms with Crippen LogP contribution in [0.2, 0.25) is 5.15 Å². The van der Waals surface area contributed by atoms with Crippen LogP contribution in [0.4, 0.5) is 5.69 Å². The van der Waals surface area contributed by atoms with E-state index in [1.54, 1.807) is 47.0 Å². The summed E-state index contributed by atoms with van der Waals surface area (Å²) in [7, 11) is 0. The number of benzene rings is 1. The van der Waals surface area contributed by atoms with Gasteiger partial charge in [0.15, 0.2) is 10.8 Å². The van der Waals surface area contributed by atoms with E-state index in [0.717, 1.165) is 0 Å². The van der Waals surface area contributed by atoms with Crippen molar-refractivity contribution in [3.63, 3.8) is 0 Å². The molecule has 2 heterocycles. The van der Waals surface area contributed by atoms with Crippen LogP contribution in [0.15, 0.2) is 48.7 Å². The Balaban J connectivity index is 1.97. The van der Waals surface area contributed by atoms with Crippen LogP contribution in [0.25, 0.3) is 5.65 Å². The summed E-state index contributed by atoms with van der Waals surface area (Å²) in [5.74, 6) is 2.18. The lowest BCUT2D eigenvalue weighted by molar-refractivity contribution is 0.102. The summed E-state index contributed by atoms with van der Waals surface area (Å²) in [5.41, 5.74) is 2.21. The van der Waals surface area contributed by atoms with Crippen LogP contribution in [0.5, 0.6) is 0 Å². The fraction of sp³-hybridized carbons (Fsp3) is 0. The highest BCUT2D eigenvalue weighted by atomic mass is 35.5. The zero-order chi connectivity index (χ0) is 14.8. The Morgan fingerprint density at radius 2 is 2.14 bits per heavy atom. The van der Waals surface area contributed by atoms with Crippen molar-refractivity contribution >= 4 is 28.8 Å². The predicted octanol–water partition coefficient (Wildman–Crippen LogP) is 3.22. The lowest BCUT2D eigenvalue weighted by Gasteiger charge is -2.06. The number of nitrogens with zero attached hydrogens (tertiary/aromatic N) is 2. The van der Waals surface area contributed by atoms with Crippen molar-refractivity contribution in [3.05, 3.63) is 65.1 Å². The third-order valence-electron chi connectivity index (χ3n) is 2.99. The monoisotopic (exact) mass is 295 g/mol. The van der Waals surface area contributed by atoms with Crippen LogP contribution < -0.4 is 5.32 Å². The Hall–Kier alpha value is -2.77. The number of rotatable bonds is 2. The fourth-order valence-corrected chi connectivity index (χ4v) is 2.31. The third kappa shape index (κ3) is 2.47. The molecule has 0 bridgehead atoms. The van der Waals surface area contributed by atoms with E-state index in [-0.39, 0.29) is 11.1 Å². The molecule has 0 atom stereocenters. The summed E-state index contributed by atoms with van der Waals surface area (Å²) in [5, 5.41) is 2.93.